The Labute approximate surface area is 113 Å². The molecule has 0 aliphatic carbocycles. The fraction of sp³-hybridized carbons (Fsp3) is 0.429. The number of aryl methyl sites for hydroxylation is 1. The minimum absolute atomic E-state index is 0.326. The zero-order chi connectivity index (χ0) is 13.5. The second kappa shape index (κ2) is 6.89. The Morgan fingerprint density at radius 2 is 2.11 bits per heavy atom. The van der Waals surface area contributed by atoms with Gasteiger partial charge in [0.05, 0.1) is 0 Å². The Morgan fingerprint density at radius 3 is 2.84 bits per heavy atom. The molecule has 2 aromatic rings. The van der Waals surface area contributed by atoms with Gasteiger partial charge in [-0.1, -0.05) is 37.2 Å². The molecule has 0 radical (unpaired) electrons. The van der Waals surface area contributed by atoms with E-state index in [-0.39, 0.29) is 0 Å². The maximum Gasteiger partial charge on any atom is 0.226 e. The lowest BCUT2D eigenvalue weighted by molar-refractivity contribution is 0.282. The third-order valence-electron chi connectivity index (χ3n) is 2.71. The van der Waals surface area contributed by atoms with Gasteiger partial charge in [-0.15, -0.1) is 0 Å². The largest absolute Gasteiger partial charge is 0.485 e. The summed E-state index contributed by atoms with van der Waals surface area (Å²) in [4.78, 5) is 4.22. The van der Waals surface area contributed by atoms with Crippen molar-refractivity contribution in [3.8, 4) is 5.75 Å². The van der Waals surface area contributed by atoms with Crippen molar-refractivity contribution in [3.05, 3.63) is 41.5 Å². The number of benzene rings is 1. The van der Waals surface area contributed by atoms with Gasteiger partial charge in [-0.05, 0) is 12.6 Å². The predicted molar refractivity (Wildman–Crippen MR) is 71.8 cm³/mol. The molecule has 1 aromatic heterocycles. The molecule has 0 spiro atoms. The summed E-state index contributed by atoms with van der Waals surface area (Å²) < 4.78 is 10.8. The molecule has 2 rings (SSSR count). The second-order valence-corrected chi connectivity index (χ2v) is 4.13. The van der Waals surface area contributed by atoms with Crippen molar-refractivity contribution in [2.24, 2.45) is 0 Å². The van der Waals surface area contributed by atoms with E-state index in [1.165, 1.54) is 0 Å². The van der Waals surface area contributed by atoms with Crippen LogP contribution in [0.2, 0.25) is 0 Å². The molecule has 5 heteroatoms. The van der Waals surface area contributed by atoms with Crippen LogP contribution in [0.1, 0.15) is 31.1 Å². The summed E-state index contributed by atoms with van der Waals surface area (Å²) in [5.74, 6) is 2.07. The van der Waals surface area contributed by atoms with Crippen LogP contribution >= 0.6 is 0 Å². The normalized spacial score (nSPS) is 10.6. The highest BCUT2D eigenvalue weighted by Crippen LogP contribution is 2.18. The molecule has 1 aromatic carbocycles. The molecule has 1 heterocycles. The van der Waals surface area contributed by atoms with Gasteiger partial charge >= 0.3 is 0 Å². The van der Waals surface area contributed by atoms with E-state index in [9.17, 15) is 0 Å². The zero-order valence-corrected chi connectivity index (χ0v) is 11.3. The lowest BCUT2D eigenvalue weighted by atomic mass is 10.2. The van der Waals surface area contributed by atoms with E-state index in [4.69, 9.17) is 9.26 Å². The van der Waals surface area contributed by atoms with Crippen molar-refractivity contribution in [2.45, 2.75) is 33.4 Å². The molecule has 102 valence electrons. The molecule has 0 aliphatic heterocycles. The Kier molecular flexibility index (Phi) is 4.92. The maximum atomic E-state index is 5.75. The first kappa shape index (κ1) is 13.5. The highest BCUT2D eigenvalue weighted by molar-refractivity contribution is 5.33. The monoisotopic (exact) mass is 261 g/mol. The van der Waals surface area contributed by atoms with E-state index in [1.54, 1.807) is 0 Å². The fourth-order valence-electron chi connectivity index (χ4n) is 1.69. The summed E-state index contributed by atoms with van der Waals surface area (Å²) in [7, 11) is 0. The summed E-state index contributed by atoms with van der Waals surface area (Å²) in [5.41, 5.74) is 1.13. The average molecular weight is 261 g/mol. The van der Waals surface area contributed by atoms with Gasteiger partial charge in [-0.25, -0.2) is 0 Å². The van der Waals surface area contributed by atoms with Crippen LogP contribution in [0.15, 0.2) is 28.8 Å². The topological polar surface area (TPSA) is 60.2 Å². The van der Waals surface area contributed by atoms with Gasteiger partial charge in [0.15, 0.2) is 6.61 Å². The first-order valence-corrected chi connectivity index (χ1v) is 6.56. The third-order valence-corrected chi connectivity index (χ3v) is 2.71. The predicted octanol–water partition coefficient (Wildman–Crippen LogP) is 2.32. The standard InChI is InChI=1S/C14H19N3O2/c1-3-14-16-13(17-19-14)10-18-12-8-6-5-7-11(12)9-15-4-2/h5-8,15H,3-4,9-10H2,1-2H3. The molecular weight excluding hydrogens is 242 g/mol. The van der Waals surface area contributed by atoms with Gasteiger partial charge in [-0.2, -0.15) is 4.98 Å². The van der Waals surface area contributed by atoms with Gasteiger partial charge in [0, 0.05) is 18.5 Å². The van der Waals surface area contributed by atoms with Crippen molar-refractivity contribution < 1.29 is 9.26 Å². The van der Waals surface area contributed by atoms with Gasteiger partial charge in [0.1, 0.15) is 5.75 Å². The van der Waals surface area contributed by atoms with Crippen LogP contribution in [-0.2, 0) is 19.6 Å². The highest BCUT2D eigenvalue weighted by Gasteiger charge is 2.07. The summed E-state index contributed by atoms with van der Waals surface area (Å²) in [6.45, 7) is 6.10. The minimum Gasteiger partial charge on any atom is -0.485 e. The van der Waals surface area contributed by atoms with Crippen molar-refractivity contribution in [2.75, 3.05) is 6.54 Å². The molecule has 5 nitrogen and oxygen atoms in total. The molecule has 0 saturated carbocycles. The van der Waals surface area contributed by atoms with Gasteiger partial charge < -0.3 is 14.6 Å². The van der Waals surface area contributed by atoms with Gasteiger partial charge in [0.2, 0.25) is 11.7 Å². The van der Waals surface area contributed by atoms with Crippen molar-refractivity contribution >= 4 is 0 Å². The van der Waals surface area contributed by atoms with Crippen LogP contribution in [0.3, 0.4) is 0 Å². The van der Waals surface area contributed by atoms with E-state index in [0.717, 1.165) is 30.8 Å². The van der Waals surface area contributed by atoms with Crippen LogP contribution < -0.4 is 10.1 Å². The molecule has 0 amide bonds. The smallest absolute Gasteiger partial charge is 0.226 e. The number of nitrogens with zero attached hydrogens (tertiary/aromatic N) is 2. The number of ether oxygens (including phenoxy) is 1. The molecule has 0 fully saturated rings. The van der Waals surface area contributed by atoms with Crippen LogP contribution in [-0.4, -0.2) is 16.7 Å². The zero-order valence-electron chi connectivity index (χ0n) is 11.3. The van der Waals surface area contributed by atoms with E-state index >= 15 is 0 Å². The molecule has 0 atom stereocenters. The number of hydrogen-bond donors (Lipinski definition) is 1. The number of rotatable bonds is 7. The molecule has 0 saturated heterocycles. The van der Waals surface area contributed by atoms with Crippen LogP contribution in [0.4, 0.5) is 0 Å². The summed E-state index contributed by atoms with van der Waals surface area (Å²) in [6.07, 6.45) is 0.740. The lowest BCUT2D eigenvalue weighted by Crippen LogP contribution is -2.12. The summed E-state index contributed by atoms with van der Waals surface area (Å²) in [6, 6.07) is 7.96. The summed E-state index contributed by atoms with van der Waals surface area (Å²) in [5, 5.41) is 7.15. The molecule has 19 heavy (non-hydrogen) atoms. The van der Waals surface area contributed by atoms with Crippen molar-refractivity contribution in [3.63, 3.8) is 0 Å². The van der Waals surface area contributed by atoms with E-state index in [0.29, 0.717) is 18.3 Å². The van der Waals surface area contributed by atoms with E-state index in [1.807, 2.05) is 31.2 Å². The lowest BCUT2D eigenvalue weighted by Gasteiger charge is -2.10. The first-order valence-electron chi connectivity index (χ1n) is 6.56. The summed E-state index contributed by atoms with van der Waals surface area (Å²) >= 11 is 0. The highest BCUT2D eigenvalue weighted by atomic mass is 16.5. The third kappa shape index (κ3) is 3.79. The van der Waals surface area contributed by atoms with Crippen LogP contribution in [0, 0.1) is 0 Å². The van der Waals surface area contributed by atoms with Crippen molar-refractivity contribution in [1.82, 2.24) is 15.5 Å². The minimum atomic E-state index is 0.326. The van der Waals surface area contributed by atoms with E-state index in [2.05, 4.69) is 22.4 Å². The molecule has 1 N–H and O–H groups in total. The molecule has 0 bridgehead atoms. The Morgan fingerprint density at radius 1 is 1.26 bits per heavy atom. The molecule has 0 aliphatic rings. The van der Waals surface area contributed by atoms with Crippen LogP contribution in [0.5, 0.6) is 5.75 Å². The van der Waals surface area contributed by atoms with Gasteiger partial charge in [0.25, 0.3) is 0 Å². The average Bonchev–Trinajstić information content (AvgIpc) is 2.91. The van der Waals surface area contributed by atoms with E-state index < -0.39 is 0 Å². The number of hydrogen-bond acceptors (Lipinski definition) is 5. The number of para-hydroxylation sites is 1. The maximum absolute atomic E-state index is 5.75. The number of nitrogens with one attached hydrogen (secondary N) is 1. The quantitative estimate of drug-likeness (QED) is 0.828. The van der Waals surface area contributed by atoms with Gasteiger partial charge in [-0.3, -0.25) is 0 Å². The molecular formula is C14H19N3O2. The molecule has 0 unspecified atom stereocenters. The second-order valence-electron chi connectivity index (χ2n) is 4.13. The van der Waals surface area contributed by atoms with Crippen LogP contribution in [0.25, 0.3) is 0 Å². The SMILES string of the molecule is CCNCc1ccccc1OCc1noc(CC)n1. The Hall–Kier alpha value is -1.88. The first-order chi connectivity index (χ1) is 9.33. The Balaban J connectivity index is 1.98. The Bertz CT molecular complexity index is 511. The number of aromatic nitrogens is 2. The fourth-order valence-corrected chi connectivity index (χ4v) is 1.69. The van der Waals surface area contributed by atoms with Crippen molar-refractivity contribution in [1.29, 1.82) is 0 Å².